The van der Waals surface area contributed by atoms with E-state index < -0.39 is 11.8 Å². The van der Waals surface area contributed by atoms with Crippen molar-refractivity contribution in [3.05, 3.63) is 192 Å². The summed E-state index contributed by atoms with van der Waals surface area (Å²) in [6, 6.07) is 58.8. The summed E-state index contributed by atoms with van der Waals surface area (Å²) in [6.07, 6.45) is 1.88. The molecule has 7 aromatic carbocycles. The van der Waals surface area contributed by atoms with E-state index in [1.54, 1.807) is 13.8 Å². The third-order valence-corrected chi connectivity index (χ3v) is 14.5. The molecule has 1 N–H and O–H groups in total. The van der Waals surface area contributed by atoms with Gasteiger partial charge in [-0.3, -0.25) is 9.55 Å². The number of nitrogens with zero attached hydrogens (tertiary/aromatic N) is 3. The molecule has 0 aliphatic rings. The Balaban J connectivity index is 0.00000693. The molecular formula is C65H66N3OPt-. The molecule has 5 heteroatoms. The molecule has 4 nitrogen and oxygen atoms in total. The van der Waals surface area contributed by atoms with Gasteiger partial charge in [-0.2, -0.15) is 0 Å². The summed E-state index contributed by atoms with van der Waals surface area (Å²) in [6.45, 7) is 25.4. The summed E-state index contributed by atoms with van der Waals surface area (Å²) < 4.78 is 20.6. The van der Waals surface area contributed by atoms with Crippen LogP contribution in [0, 0.1) is 11.5 Å². The molecule has 0 aliphatic heterocycles. The van der Waals surface area contributed by atoms with Crippen LogP contribution in [0.5, 0.6) is 5.75 Å². The van der Waals surface area contributed by atoms with Crippen molar-refractivity contribution in [2.45, 2.75) is 106 Å². The molecule has 2 heterocycles. The first kappa shape index (κ1) is 47.3. The third-order valence-electron chi connectivity index (χ3n) is 14.5. The Morgan fingerprint density at radius 2 is 1.17 bits per heavy atom. The SMILES string of the molecule is [2H]C(C)(C)c1cc(-c2nc3c(-c4[c-]c(-c5cc(-c6ccc(-c7ccccc7)cc6)ccn5)cc(C(C)(C)C)c4)cccc3n2-c2ccc(C(C)(C)C(C)(C)C)cc2-c2ccccc2)c(O)c(C([2H])(C)C)c1.[Pt]. The topological polar surface area (TPSA) is 50.9 Å². The van der Waals surface area contributed by atoms with E-state index in [0.717, 1.165) is 66.9 Å². The van der Waals surface area contributed by atoms with Crippen molar-refractivity contribution in [3.63, 3.8) is 0 Å². The van der Waals surface area contributed by atoms with E-state index in [-0.39, 0.29) is 43.1 Å². The first-order valence-electron chi connectivity index (χ1n) is 25.2. The number of hydrogen-bond acceptors (Lipinski definition) is 3. The molecule has 0 amide bonds. The van der Waals surface area contributed by atoms with Crippen molar-refractivity contribution in [1.29, 1.82) is 0 Å². The standard InChI is InChI=1S/C65H66N3O.Pt/c1-41(2)48-37-54(42(3)4)61(69)56(38-48)62-67-60-53(24-19-25-59(60)68(62)58-31-30-51(65(11,12)64(8,9)10)40-55(58)46-22-17-14-18-23-46)49-34-50(36-52(35-49)63(5,6)7)57-39-47(32-33-66-57)45-28-26-44(27-29-45)43-20-15-13-16-21-43;/h13-33,35-42,69H,1-12H3;/q-1;/i41D,42D;. The normalized spacial score (nSPS) is 12.9. The van der Waals surface area contributed by atoms with Gasteiger partial charge in [-0.1, -0.05) is 209 Å². The minimum Gasteiger partial charge on any atom is -0.507 e. The molecule has 358 valence electrons. The number of aromatic hydroxyl groups is 1. The van der Waals surface area contributed by atoms with Gasteiger partial charge in [0.2, 0.25) is 0 Å². The number of pyridine rings is 1. The Morgan fingerprint density at radius 1 is 0.557 bits per heavy atom. The van der Waals surface area contributed by atoms with Crippen molar-refractivity contribution in [3.8, 4) is 78.6 Å². The van der Waals surface area contributed by atoms with Crippen LogP contribution in [0.3, 0.4) is 0 Å². The van der Waals surface area contributed by atoms with Crippen molar-refractivity contribution in [2.75, 3.05) is 0 Å². The van der Waals surface area contributed by atoms with Crippen LogP contribution in [0.15, 0.2) is 164 Å². The van der Waals surface area contributed by atoms with Crippen LogP contribution in [0.2, 0.25) is 0 Å². The summed E-state index contributed by atoms with van der Waals surface area (Å²) in [4.78, 5) is 10.6. The average molecular weight is 1100 g/mol. The summed E-state index contributed by atoms with van der Waals surface area (Å²) in [5, 5.41) is 12.5. The van der Waals surface area contributed by atoms with Gasteiger partial charge in [0.05, 0.1) is 22.3 Å². The first-order valence-corrected chi connectivity index (χ1v) is 24.2. The Kier molecular flexibility index (Phi) is 13.1. The van der Waals surface area contributed by atoms with E-state index in [4.69, 9.17) is 9.97 Å². The molecule has 70 heavy (non-hydrogen) atoms. The van der Waals surface area contributed by atoms with E-state index in [2.05, 4.69) is 199 Å². The predicted octanol–water partition coefficient (Wildman–Crippen LogP) is 17.8. The number of para-hydroxylation sites is 1. The molecular weight excluding hydrogens is 1030 g/mol. The molecule has 9 aromatic rings. The molecule has 0 fully saturated rings. The zero-order valence-electron chi connectivity index (χ0n) is 44.7. The fraction of sp³-hybridized carbons (Fsp3) is 0.262. The molecule has 0 spiro atoms. The van der Waals surface area contributed by atoms with Gasteiger partial charge in [-0.05, 0) is 103 Å². The fourth-order valence-electron chi connectivity index (χ4n) is 9.15. The van der Waals surface area contributed by atoms with Gasteiger partial charge in [0.25, 0.3) is 0 Å². The zero-order valence-corrected chi connectivity index (χ0v) is 45.0. The molecule has 9 rings (SSSR count). The van der Waals surface area contributed by atoms with Gasteiger partial charge in [0, 0.05) is 41.3 Å². The summed E-state index contributed by atoms with van der Waals surface area (Å²) in [5.41, 5.74) is 16.0. The van der Waals surface area contributed by atoms with Crippen LogP contribution in [0.1, 0.15) is 120 Å². The van der Waals surface area contributed by atoms with Crippen LogP contribution in [-0.4, -0.2) is 19.6 Å². The number of hydrogen-bond donors (Lipinski definition) is 1. The van der Waals surface area contributed by atoms with Crippen LogP contribution >= 0.6 is 0 Å². The van der Waals surface area contributed by atoms with Crippen molar-refractivity contribution < 1.29 is 28.9 Å². The molecule has 0 saturated carbocycles. The van der Waals surface area contributed by atoms with Crippen molar-refractivity contribution in [1.82, 2.24) is 14.5 Å². The molecule has 2 aromatic heterocycles. The van der Waals surface area contributed by atoms with Crippen LogP contribution in [-0.2, 0) is 31.9 Å². The van der Waals surface area contributed by atoms with Gasteiger partial charge in [0.15, 0.2) is 0 Å². The quantitative estimate of drug-likeness (QED) is 0.139. The van der Waals surface area contributed by atoms with Crippen LogP contribution < -0.4 is 0 Å². The average Bonchev–Trinajstić information content (AvgIpc) is 3.72. The van der Waals surface area contributed by atoms with Crippen molar-refractivity contribution in [2.24, 2.45) is 5.41 Å². The third kappa shape index (κ3) is 9.61. The molecule has 0 saturated heterocycles. The monoisotopic (exact) mass is 1100 g/mol. The Labute approximate surface area is 434 Å². The second-order valence-electron chi connectivity index (χ2n) is 21.7. The van der Waals surface area contributed by atoms with E-state index >= 15 is 0 Å². The van der Waals surface area contributed by atoms with Gasteiger partial charge in [-0.15, -0.1) is 29.3 Å². The summed E-state index contributed by atoms with van der Waals surface area (Å²) in [5.74, 6) is -1.71. The second kappa shape index (κ2) is 19.4. The molecule has 0 atom stereocenters. The van der Waals surface area contributed by atoms with Crippen molar-refractivity contribution >= 4 is 11.0 Å². The number of benzene rings is 7. The van der Waals surface area contributed by atoms with Gasteiger partial charge in [-0.25, -0.2) is 4.98 Å². The maximum atomic E-state index is 12.5. The number of rotatable bonds is 10. The molecule has 0 aliphatic carbocycles. The zero-order chi connectivity index (χ0) is 50.8. The largest absolute Gasteiger partial charge is 0.507 e. The molecule has 0 bridgehead atoms. The predicted molar refractivity (Wildman–Crippen MR) is 291 cm³/mol. The molecule has 0 unspecified atom stereocenters. The number of imidazole rings is 1. The fourth-order valence-corrected chi connectivity index (χ4v) is 9.15. The Morgan fingerprint density at radius 3 is 1.79 bits per heavy atom. The summed E-state index contributed by atoms with van der Waals surface area (Å²) >= 11 is 0. The van der Waals surface area contributed by atoms with E-state index in [9.17, 15) is 7.85 Å². The maximum absolute atomic E-state index is 12.5. The smallest absolute Gasteiger partial charge is 0.148 e. The van der Waals surface area contributed by atoms with Gasteiger partial charge >= 0.3 is 0 Å². The number of aromatic nitrogens is 3. The summed E-state index contributed by atoms with van der Waals surface area (Å²) in [7, 11) is 0. The van der Waals surface area contributed by atoms with Gasteiger partial charge in [0.1, 0.15) is 11.6 Å². The van der Waals surface area contributed by atoms with E-state index in [1.807, 2.05) is 44.3 Å². The Hall–Kier alpha value is -6.35. The first-order chi connectivity index (χ1) is 33.4. The number of phenolic OH excluding ortho intramolecular Hbond substituents is 1. The van der Waals surface area contributed by atoms with E-state index in [0.29, 0.717) is 22.5 Å². The number of fused-ring (bicyclic) bond motifs is 1. The number of phenols is 1. The second-order valence-corrected chi connectivity index (χ2v) is 21.7. The van der Waals surface area contributed by atoms with Gasteiger partial charge < -0.3 is 5.11 Å². The van der Waals surface area contributed by atoms with E-state index in [1.165, 1.54) is 16.7 Å². The minimum absolute atomic E-state index is 0. The van der Waals surface area contributed by atoms with Crippen LogP contribution in [0.25, 0.3) is 83.9 Å². The minimum atomic E-state index is -1.17. The Bertz CT molecular complexity index is 3420. The van der Waals surface area contributed by atoms with Crippen LogP contribution in [0.4, 0.5) is 0 Å². The maximum Gasteiger partial charge on any atom is 0.148 e. The molecule has 0 radical (unpaired) electrons.